The number of carbonyl (C=O) groups is 1. The molecule has 2 aromatic carbocycles. The summed E-state index contributed by atoms with van der Waals surface area (Å²) in [7, 11) is 0. The summed E-state index contributed by atoms with van der Waals surface area (Å²) in [6.45, 7) is 0. The van der Waals surface area contributed by atoms with Crippen LogP contribution in [0.3, 0.4) is 0 Å². The molecule has 0 amide bonds. The van der Waals surface area contributed by atoms with Crippen LogP contribution in [0.4, 0.5) is 4.39 Å². The molecule has 2 aromatic rings. The van der Waals surface area contributed by atoms with E-state index >= 15 is 0 Å². The van der Waals surface area contributed by atoms with Crippen LogP contribution in [0.25, 0.3) is 0 Å². The van der Waals surface area contributed by atoms with E-state index in [1.165, 1.54) is 30.3 Å². The number of carboxylic acids is 1. The topological polar surface area (TPSA) is 46.5 Å². The predicted molar refractivity (Wildman–Crippen MR) is 72.6 cm³/mol. The lowest BCUT2D eigenvalue weighted by Crippen LogP contribution is -2.00. The van der Waals surface area contributed by atoms with Crippen LogP contribution in [0.2, 0.25) is 5.02 Å². The number of halogens is 3. The number of rotatable bonds is 3. The largest absolute Gasteiger partial charge is 0.478 e. The molecule has 0 unspecified atom stereocenters. The SMILES string of the molecule is O=C(O)c1cccc(Cl)c1Oc1cc(F)ccc1Br. The van der Waals surface area contributed by atoms with Crippen LogP contribution in [-0.2, 0) is 0 Å². The lowest BCUT2D eigenvalue weighted by molar-refractivity contribution is 0.0694. The van der Waals surface area contributed by atoms with E-state index in [0.29, 0.717) is 4.47 Å². The second kappa shape index (κ2) is 5.59. The molecule has 2 rings (SSSR count). The Kier molecular flexibility index (Phi) is 4.07. The molecule has 0 aromatic heterocycles. The Balaban J connectivity index is 2.49. The lowest BCUT2D eigenvalue weighted by Gasteiger charge is -2.11. The van der Waals surface area contributed by atoms with Crippen molar-refractivity contribution < 1.29 is 19.0 Å². The summed E-state index contributed by atoms with van der Waals surface area (Å²) in [6, 6.07) is 8.20. The number of ether oxygens (including phenoxy) is 1. The van der Waals surface area contributed by atoms with Gasteiger partial charge in [-0.05, 0) is 40.2 Å². The number of hydrogen-bond donors (Lipinski definition) is 1. The molecule has 6 heteroatoms. The van der Waals surface area contributed by atoms with Crippen molar-refractivity contribution in [2.75, 3.05) is 0 Å². The predicted octanol–water partition coefficient (Wildman–Crippen LogP) is 4.73. The monoisotopic (exact) mass is 344 g/mol. The zero-order valence-corrected chi connectivity index (χ0v) is 11.7. The summed E-state index contributed by atoms with van der Waals surface area (Å²) in [5.41, 5.74) is -0.0938. The van der Waals surface area contributed by atoms with Gasteiger partial charge < -0.3 is 9.84 Å². The van der Waals surface area contributed by atoms with Gasteiger partial charge in [0.15, 0.2) is 5.75 Å². The number of para-hydroxylation sites is 1. The molecule has 0 heterocycles. The van der Waals surface area contributed by atoms with Gasteiger partial charge in [-0.1, -0.05) is 17.7 Å². The van der Waals surface area contributed by atoms with Crippen LogP contribution in [0, 0.1) is 5.82 Å². The molecule has 0 atom stereocenters. The molecule has 0 aliphatic carbocycles. The third kappa shape index (κ3) is 3.05. The summed E-state index contributed by atoms with van der Waals surface area (Å²) in [4.78, 5) is 11.1. The van der Waals surface area contributed by atoms with Crippen LogP contribution in [-0.4, -0.2) is 11.1 Å². The van der Waals surface area contributed by atoms with Crippen LogP contribution in [0.15, 0.2) is 40.9 Å². The standard InChI is InChI=1S/C13H7BrClFO3/c14-9-5-4-7(16)6-11(9)19-12-8(13(17)18)2-1-3-10(12)15/h1-6H,(H,17,18). The zero-order valence-electron chi connectivity index (χ0n) is 9.36. The second-order valence-electron chi connectivity index (χ2n) is 3.60. The smallest absolute Gasteiger partial charge is 0.339 e. The zero-order chi connectivity index (χ0) is 14.0. The molecule has 3 nitrogen and oxygen atoms in total. The van der Waals surface area contributed by atoms with E-state index in [-0.39, 0.29) is 22.1 Å². The van der Waals surface area contributed by atoms with Crippen molar-refractivity contribution >= 4 is 33.5 Å². The van der Waals surface area contributed by atoms with Gasteiger partial charge >= 0.3 is 5.97 Å². The normalized spacial score (nSPS) is 10.3. The van der Waals surface area contributed by atoms with Crippen LogP contribution in [0.5, 0.6) is 11.5 Å². The summed E-state index contributed by atoms with van der Waals surface area (Å²) < 4.78 is 19.1. The Morgan fingerprint density at radius 2 is 2.05 bits per heavy atom. The Morgan fingerprint density at radius 3 is 2.74 bits per heavy atom. The highest BCUT2D eigenvalue weighted by molar-refractivity contribution is 9.10. The maximum absolute atomic E-state index is 13.2. The minimum absolute atomic E-state index is 0.0250. The first kappa shape index (κ1) is 13.8. The molecule has 0 radical (unpaired) electrons. The van der Waals surface area contributed by atoms with Crippen LogP contribution >= 0.6 is 27.5 Å². The van der Waals surface area contributed by atoms with E-state index in [2.05, 4.69) is 15.9 Å². The molecule has 98 valence electrons. The maximum atomic E-state index is 13.2. The summed E-state index contributed by atoms with van der Waals surface area (Å²) in [5, 5.41) is 9.20. The Bertz CT molecular complexity index is 646. The molecule has 0 bridgehead atoms. The number of aromatic carboxylic acids is 1. The van der Waals surface area contributed by atoms with Gasteiger partial charge in [0.25, 0.3) is 0 Å². The van der Waals surface area contributed by atoms with E-state index in [1.54, 1.807) is 0 Å². The van der Waals surface area contributed by atoms with Gasteiger partial charge in [-0.2, -0.15) is 0 Å². The minimum atomic E-state index is -1.18. The Hall–Kier alpha value is -1.59. The van der Waals surface area contributed by atoms with Crippen molar-refractivity contribution in [2.45, 2.75) is 0 Å². The van der Waals surface area contributed by atoms with Crippen molar-refractivity contribution in [1.82, 2.24) is 0 Å². The molecular weight excluding hydrogens is 338 g/mol. The fourth-order valence-electron chi connectivity index (χ4n) is 1.45. The molecule has 0 saturated carbocycles. The van der Waals surface area contributed by atoms with E-state index in [1.807, 2.05) is 0 Å². The minimum Gasteiger partial charge on any atom is -0.478 e. The van der Waals surface area contributed by atoms with Crippen molar-refractivity contribution in [2.24, 2.45) is 0 Å². The van der Waals surface area contributed by atoms with Crippen molar-refractivity contribution in [1.29, 1.82) is 0 Å². The van der Waals surface area contributed by atoms with Gasteiger partial charge in [0, 0.05) is 6.07 Å². The molecular formula is C13H7BrClFO3. The second-order valence-corrected chi connectivity index (χ2v) is 4.86. The Morgan fingerprint density at radius 1 is 1.32 bits per heavy atom. The first-order valence-corrected chi connectivity index (χ1v) is 6.31. The van der Waals surface area contributed by atoms with Crippen molar-refractivity contribution in [3.05, 3.63) is 57.3 Å². The molecule has 0 saturated heterocycles. The van der Waals surface area contributed by atoms with Crippen LogP contribution in [0.1, 0.15) is 10.4 Å². The Labute approximate surface area is 121 Å². The van der Waals surface area contributed by atoms with Gasteiger partial charge in [0.1, 0.15) is 17.1 Å². The molecule has 0 aliphatic heterocycles. The highest BCUT2D eigenvalue weighted by atomic mass is 79.9. The quantitative estimate of drug-likeness (QED) is 0.874. The number of benzene rings is 2. The average molecular weight is 346 g/mol. The highest BCUT2D eigenvalue weighted by Crippen LogP contribution is 2.36. The number of carboxylic acid groups (broad SMARTS) is 1. The van der Waals surface area contributed by atoms with E-state index in [9.17, 15) is 9.18 Å². The van der Waals surface area contributed by atoms with Gasteiger partial charge in [-0.25, -0.2) is 9.18 Å². The molecule has 1 N–H and O–H groups in total. The molecule has 0 fully saturated rings. The van der Waals surface area contributed by atoms with Gasteiger partial charge in [-0.15, -0.1) is 0 Å². The van der Waals surface area contributed by atoms with Gasteiger partial charge in [0.2, 0.25) is 0 Å². The highest BCUT2D eigenvalue weighted by Gasteiger charge is 2.16. The lowest BCUT2D eigenvalue weighted by atomic mass is 10.2. The molecule has 0 aliphatic rings. The average Bonchev–Trinajstić information content (AvgIpc) is 2.35. The first-order valence-electron chi connectivity index (χ1n) is 5.13. The van der Waals surface area contributed by atoms with E-state index < -0.39 is 11.8 Å². The summed E-state index contributed by atoms with van der Waals surface area (Å²) in [6.07, 6.45) is 0. The molecule has 19 heavy (non-hydrogen) atoms. The molecule has 0 spiro atoms. The maximum Gasteiger partial charge on any atom is 0.339 e. The van der Waals surface area contributed by atoms with Crippen molar-refractivity contribution in [3.63, 3.8) is 0 Å². The van der Waals surface area contributed by atoms with E-state index in [0.717, 1.165) is 6.07 Å². The van der Waals surface area contributed by atoms with Gasteiger partial charge in [0.05, 0.1) is 9.50 Å². The van der Waals surface area contributed by atoms with Gasteiger partial charge in [-0.3, -0.25) is 0 Å². The third-order valence-electron chi connectivity index (χ3n) is 2.30. The first-order chi connectivity index (χ1) is 8.99. The number of hydrogen-bond acceptors (Lipinski definition) is 2. The fraction of sp³-hybridized carbons (Fsp3) is 0. The van der Waals surface area contributed by atoms with Crippen molar-refractivity contribution in [3.8, 4) is 11.5 Å². The van der Waals surface area contributed by atoms with E-state index in [4.69, 9.17) is 21.4 Å². The fourth-order valence-corrected chi connectivity index (χ4v) is 1.99. The summed E-state index contributed by atoms with van der Waals surface area (Å²) >= 11 is 9.11. The van der Waals surface area contributed by atoms with Crippen LogP contribution < -0.4 is 4.74 Å². The summed E-state index contributed by atoms with van der Waals surface area (Å²) in [5.74, 6) is -1.55. The third-order valence-corrected chi connectivity index (χ3v) is 3.26.